The summed E-state index contributed by atoms with van der Waals surface area (Å²) in [4.78, 5) is 0.197. The Morgan fingerprint density at radius 2 is 2.00 bits per heavy atom. The number of nitrogens with two attached hydrogens (primary N) is 1. The molecular formula is C12H13F4NO2S. The molecule has 8 heteroatoms. The maximum absolute atomic E-state index is 12.5. The minimum Gasteiger partial charge on any atom is -0.491 e. The van der Waals surface area contributed by atoms with Crippen LogP contribution >= 0.6 is 12.2 Å². The monoisotopic (exact) mass is 311 g/mol. The molecule has 0 aliphatic heterocycles. The molecule has 0 saturated heterocycles. The van der Waals surface area contributed by atoms with Crippen molar-refractivity contribution in [1.29, 1.82) is 0 Å². The van der Waals surface area contributed by atoms with Gasteiger partial charge in [0.2, 0.25) is 0 Å². The van der Waals surface area contributed by atoms with E-state index < -0.39 is 19.0 Å². The molecule has 1 rings (SSSR count). The Morgan fingerprint density at radius 1 is 1.30 bits per heavy atom. The van der Waals surface area contributed by atoms with Gasteiger partial charge in [-0.15, -0.1) is 0 Å². The molecule has 20 heavy (non-hydrogen) atoms. The summed E-state index contributed by atoms with van der Waals surface area (Å²) >= 11 is 4.78. The number of hydrogen-bond donors (Lipinski definition) is 1. The number of thiocarbonyl (C=S) groups is 1. The van der Waals surface area contributed by atoms with Crippen molar-refractivity contribution in [2.75, 3.05) is 19.8 Å². The summed E-state index contributed by atoms with van der Waals surface area (Å²) < 4.78 is 58.3. The summed E-state index contributed by atoms with van der Waals surface area (Å²) in [6.07, 6.45) is -3.74. The van der Waals surface area contributed by atoms with Gasteiger partial charge in [-0.3, -0.25) is 0 Å². The van der Waals surface area contributed by atoms with E-state index in [0.29, 0.717) is 11.3 Å². The molecule has 112 valence electrons. The summed E-state index contributed by atoms with van der Waals surface area (Å²) in [5, 5.41) is 0. The second-order valence-electron chi connectivity index (χ2n) is 3.85. The zero-order valence-corrected chi connectivity index (χ0v) is 11.1. The van der Waals surface area contributed by atoms with E-state index >= 15 is 0 Å². The highest BCUT2D eigenvalue weighted by molar-refractivity contribution is 7.80. The molecule has 0 spiro atoms. The number of ether oxygens (including phenoxy) is 2. The van der Waals surface area contributed by atoms with Crippen LogP contribution in [-0.4, -0.2) is 37.2 Å². The number of hydrogen-bond acceptors (Lipinski definition) is 3. The molecule has 0 heterocycles. The van der Waals surface area contributed by atoms with E-state index in [9.17, 15) is 17.6 Å². The standard InChI is InChI=1S/C12H13F4NO2S/c13-11(14)12(15,16)7-18-4-5-19-9-3-1-2-8(6-9)10(17)20/h1-3,6,11H,4-5,7H2,(H2,17,20). The van der Waals surface area contributed by atoms with Crippen LogP contribution in [0.3, 0.4) is 0 Å². The van der Waals surface area contributed by atoms with Gasteiger partial charge in [0.15, 0.2) is 0 Å². The maximum Gasteiger partial charge on any atom is 0.330 e. The highest BCUT2D eigenvalue weighted by atomic mass is 32.1. The highest BCUT2D eigenvalue weighted by Gasteiger charge is 2.40. The minimum atomic E-state index is -4.15. The van der Waals surface area contributed by atoms with Crippen LogP contribution in [0, 0.1) is 0 Å². The van der Waals surface area contributed by atoms with Gasteiger partial charge in [0.1, 0.15) is 24.0 Å². The third-order valence-corrected chi connectivity index (χ3v) is 2.46. The van der Waals surface area contributed by atoms with E-state index in [1.807, 2.05) is 0 Å². The van der Waals surface area contributed by atoms with E-state index in [1.165, 1.54) is 0 Å². The summed E-state index contributed by atoms with van der Waals surface area (Å²) in [5.74, 6) is -3.72. The smallest absolute Gasteiger partial charge is 0.330 e. The first-order chi connectivity index (χ1) is 9.33. The molecule has 0 fully saturated rings. The third kappa shape index (κ3) is 5.30. The SMILES string of the molecule is NC(=S)c1cccc(OCCOCC(F)(F)C(F)F)c1. The lowest BCUT2D eigenvalue weighted by Crippen LogP contribution is -2.33. The second-order valence-corrected chi connectivity index (χ2v) is 4.29. The average Bonchev–Trinajstić information content (AvgIpc) is 2.38. The Bertz CT molecular complexity index is 457. The molecular weight excluding hydrogens is 298 g/mol. The van der Waals surface area contributed by atoms with Crippen molar-refractivity contribution < 1.29 is 27.0 Å². The Morgan fingerprint density at radius 3 is 2.60 bits per heavy atom. The van der Waals surface area contributed by atoms with Crippen LogP contribution < -0.4 is 10.5 Å². The van der Waals surface area contributed by atoms with E-state index in [1.54, 1.807) is 24.3 Å². The average molecular weight is 311 g/mol. The fourth-order valence-corrected chi connectivity index (χ4v) is 1.36. The summed E-state index contributed by atoms with van der Waals surface area (Å²) in [7, 11) is 0. The van der Waals surface area contributed by atoms with Gasteiger partial charge in [0.25, 0.3) is 0 Å². The first-order valence-corrected chi connectivity index (χ1v) is 6.00. The number of benzene rings is 1. The molecule has 0 aliphatic rings. The molecule has 0 unspecified atom stereocenters. The van der Waals surface area contributed by atoms with Gasteiger partial charge in [-0.1, -0.05) is 24.4 Å². The van der Waals surface area contributed by atoms with Gasteiger partial charge in [-0.2, -0.15) is 8.78 Å². The number of rotatable bonds is 8. The van der Waals surface area contributed by atoms with Crippen molar-refractivity contribution >= 4 is 17.2 Å². The third-order valence-electron chi connectivity index (χ3n) is 2.23. The Hall–Kier alpha value is -1.41. The first-order valence-electron chi connectivity index (χ1n) is 5.59. The second kappa shape index (κ2) is 7.39. The first kappa shape index (κ1) is 16.6. The lowest BCUT2D eigenvalue weighted by Gasteiger charge is -2.15. The van der Waals surface area contributed by atoms with Gasteiger partial charge < -0.3 is 15.2 Å². The molecule has 0 bridgehead atoms. The molecule has 1 aromatic carbocycles. The lowest BCUT2D eigenvalue weighted by atomic mass is 10.2. The molecule has 2 N–H and O–H groups in total. The fourth-order valence-electron chi connectivity index (χ4n) is 1.23. The van der Waals surface area contributed by atoms with E-state index in [4.69, 9.17) is 22.7 Å². The van der Waals surface area contributed by atoms with Gasteiger partial charge in [-0.25, -0.2) is 8.78 Å². The number of halogens is 4. The quantitative estimate of drug-likeness (QED) is 0.455. The van der Waals surface area contributed by atoms with Crippen LogP contribution in [-0.2, 0) is 4.74 Å². The predicted octanol–water partition coefficient (Wildman–Crippen LogP) is 2.62. The molecule has 0 saturated carbocycles. The van der Waals surface area contributed by atoms with Crippen LogP contribution in [0.2, 0.25) is 0 Å². The molecule has 0 radical (unpaired) electrons. The molecule has 0 atom stereocenters. The summed E-state index contributed by atoms with van der Waals surface area (Å²) in [6, 6.07) is 6.55. The summed E-state index contributed by atoms with van der Waals surface area (Å²) in [6.45, 7) is -1.64. The molecule has 0 aromatic heterocycles. The molecule has 0 amide bonds. The van der Waals surface area contributed by atoms with Crippen LogP contribution in [0.4, 0.5) is 17.6 Å². The Labute approximate surface area is 118 Å². The topological polar surface area (TPSA) is 44.5 Å². The summed E-state index contributed by atoms with van der Waals surface area (Å²) in [5.41, 5.74) is 6.03. The molecule has 1 aromatic rings. The van der Waals surface area contributed by atoms with Crippen molar-refractivity contribution in [3.63, 3.8) is 0 Å². The Balaban J connectivity index is 2.31. The molecule has 0 aliphatic carbocycles. The highest BCUT2D eigenvalue weighted by Crippen LogP contribution is 2.22. The van der Waals surface area contributed by atoms with Crippen molar-refractivity contribution in [3.05, 3.63) is 29.8 Å². The van der Waals surface area contributed by atoms with Crippen molar-refractivity contribution in [2.45, 2.75) is 12.3 Å². The largest absolute Gasteiger partial charge is 0.491 e. The van der Waals surface area contributed by atoms with Gasteiger partial charge in [-0.05, 0) is 12.1 Å². The van der Waals surface area contributed by atoms with E-state index in [2.05, 4.69) is 4.74 Å². The minimum absolute atomic E-state index is 0.0555. The molecule has 3 nitrogen and oxygen atoms in total. The van der Waals surface area contributed by atoms with E-state index in [0.717, 1.165) is 0 Å². The van der Waals surface area contributed by atoms with Gasteiger partial charge in [0.05, 0.1) is 6.61 Å². The van der Waals surface area contributed by atoms with Gasteiger partial charge in [0, 0.05) is 5.56 Å². The van der Waals surface area contributed by atoms with Crippen molar-refractivity contribution in [1.82, 2.24) is 0 Å². The Kier molecular flexibility index (Phi) is 6.15. The zero-order valence-electron chi connectivity index (χ0n) is 10.3. The van der Waals surface area contributed by atoms with Crippen LogP contribution in [0.1, 0.15) is 5.56 Å². The number of alkyl halides is 4. The fraction of sp³-hybridized carbons (Fsp3) is 0.417. The zero-order chi connectivity index (χ0) is 15.2. The van der Waals surface area contributed by atoms with Crippen LogP contribution in [0.5, 0.6) is 5.75 Å². The normalized spacial score (nSPS) is 11.7. The van der Waals surface area contributed by atoms with Gasteiger partial charge >= 0.3 is 12.3 Å². The van der Waals surface area contributed by atoms with E-state index in [-0.39, 0.29) is 18.2 Å². The predicted molar refractivity (Wildman–Crippen MR) is 69.6 cm³/mol. The lowest BCUT2D eigenvalue weighted by molar-refractivity contribution is -0.166. The maximum atomic E-state index is 12.5. The van der Waals surface area contributed by atoms with Crippen LogP contribution in [0.15, 0.2) is 24.3 Å². The van der Waals surface area contributed by atoms with Crippen LogP contribution in [0.25, 0.3) is 0 Å². The van der Waals surface area contributed by atoms with Crippen molar-refractivity contribution in [2.24, 2.45) is 5.73 Å². The van der Waals surface area contributed by atoms with Crippen molar-refractivity contribution in [3.8, 4) is 5.75 Å².